The molecule has 0 aliphatic rings. The van der Waals surface area contributed by atoms with Gasteiger partial charge in [-0.05, 0) is 17.7 Å². The first-order chi connectivity index (χ1) is 12.9. The van der Waals surface area contributed by atoms with E-state index in [1.54, 1.807) is 0 Å². The number of aliphatic hydroxyl groups excluding tert-OH is 2. The molecule has 9 nitrogen and oxygen atoms in total. The molecule has 1 aromatic rings. The first kappa shape index (κ1) is 23.7. The average molecular weight is 414 g/mol. The molecule has 0 fully saturated rings. The van der Waals surface area contributed by atoms with Gasteiger partial charge in [0.25, 0.3) is 5.91 Å². The lowest BCUT2D eigenvalue weighted by Gasteiger charge is -2.27. The van der Waals surface area contributed by atoms with Gasteiger partial charge in [0.1, 0.15) is 6.10 Å². The number of hydrogen-bond donors (Lipinski definition) is 4. The van der Waals surface area contributed by atoms with Crippen molar-refractivity contribution in [1.29, 1.82) is 0 Å². The van der Waals surface area contributed by atoms with Gasteiger partial charge in [-0.25, -0.2) is 8.42 Å². The van der Waals surface area contributed by atoms with Gasteiger partial charge in [-0.15, -0.1) is 0 Å². The molecule has 0 saturated carbocycles. The number of amides is 2. The summed E-state index contributed by atoms with van der Waals surface area (Å²) in [4.78, 5) is 35.6. The summed E-state index contributed by atoms with van der Waals surface area (Å²) < 4.78 is 22.8. The van der Waals surface area contributed by atoms with E-state index in [9.17, 15) is 27.9 Å². The highest BCUT2D eigenvalue weighted by atomic mass is 32.2. The van der Waals surface area contributed by atoms with Gasteiger partial charge < -0.3 is 20.8 Å². The third-order valence-corrected chi connectivity index (χ3v) is 5.23. The maximum absolute atomic E-state index is 11.8. The molecule has 0 aromatic heterocycles. The molecule has 0 bridgehead atoms. The Morgan fingerprint density at radius 1 is 1.11 bits per heavy atom. The number of carbonyl (C=O) groups is 3. The zero-order chi connectivity index (χ0) is 21.5. The number of carbonyl (C=O) groups excluding carboxylic acids is 3. The van der Waals surface area contributed by atoms with E-state index in [0.717, 1.165) is 6.26 Å². The standard InChI is InChI=1S/C18H26N2O7S/c1-18(2,11-21)15(23)17(25)19-9-8-14(22)16(24)20-10-12-4-6-13(7-5-12)28(3,26)27/h4-7,15,21,23H,8-11H2,1-3H3,(H,19,25)(H,20,24)/t15-/m0/s1. The fraction of sp³-hybridized carbons (Fsp3) is 0.500. The molecule has 0 saturated heterocycles. The first-order valence-corrected chi connectivity index (χ1v) is 10.4. The molecular formula is C18H26N2O7S. The number of ketones is 1. The van der Waals surface area contributed by atoms with Crippen LogP contribution in [0.4, 0.5) is 0 Å². The third-order valence-electron chi connectivity index (χ3n) is 4.11. The van der Waals surface area contributed by atoms with E-state index in [1.165, 1.54) is 38.1 Å². The average Bonchev–Trinajstić information content (AvgIpc) is 2.64. The number of nitrogens with one attached hydrogen (secondary N) is 2. The predicted molar refractivity (Wildman–Crippen MR) is 101 cm³/mol. The van der Waals surface area contributed by atoms with Crippen molar-refractivity contribution in [3.8, 4) is 0 Å². The highest BCUT2D eigenvalue weighted by molar-refractivity contribution is 7.90. The Bertz CT molecular complexity index is 817. The predicted octanol–water partition coefficient (Wildman–Crippen LogP) is -0.839. The van der Waals surface area contributed by atoms with Gasteiger partial charge in [0.2, 0.25) is 11.7 Å². The van der Waals surface area contributed by atoms with E-state index < -0.39 is 45.6 Å². The normalized spacial score (nSPS) is 12.9. The quantitative estimate of drug-likeness (QED) is 0.365. The van der Waals surface area contributed by atoms with Gasteiger partial charge in [0.05, 0.1) is 11.5 Å². The lowest BCUT2D eigenvalue weighted by Crippen LogP contribution is -2.46. The van der Waals surface area contributed by atoms with Crippen LogP contribution in [0.5, 0.6) is 0 Å². The summed E-state index contributed by atoms with van der Waals surface area (Å²) in [7, 11) is -3.31. The number of hydrogen-bond acceptors (Lipinski definition) is 7. The van der Waals surface area contributed by atoms with Crippen LogP contribution in [0.15, 0.2) is 29.2 Å². The number of Topliss-reactive ketones (excluding diaryl/α,β-unsaturated/α-hetero) is 1. The molecule has 0 radical (unpaired) electrons. The maximum Gasteiger partial charge on any atom is 0.287 e. The minimum absolute atomic E-state index is 0.0460. The number of rotatable bonds is 10. The molecule has 1 atom stereocenters. The van der Waals surface area contributed by atoms with Crippen molar-refractivity contribution in [2.45, 2.75) is 37.8 Å². The van der Waals surface area contributed by atoms with Crippen LogP contribution in [-0.2, 0) is 30.8 Å². The molecule has 156 valence electrons. The highest BCUT2D eigenvalue weighted by Gasteiger charge is 2.32. The summed E-state index contributed by atoms with van der Waals surface area (Å²) >= 11 is 0. The minimum Gasteiger partial charge on any atom is -0.396 e. The summed E-state index contributed by atoms with van der Waals surface area (Å²) in [6.07, 6.45) is -0.613. The van der Waals surface area contributed by atoms with Crippen molar-refractivity contribution in [2.24, 2.45) is 5.41 Å². The van der Waals surface area contributed by atoms with E-state index >= 15 is 0 Å². The van der Waals surface area contributed by atoms with Crippen LogP contribution in [0.3, 0.4) is 0 Å². The second-order valence-corrected chi connectivity index (χ2v) is 9.13. The van der Waals surface area contributed by atoms with Crippen molar-refractivity contribution < 1.29 is 33.0 Å². The van der Waals surface area contributed by atoms with Crippen molar-refractivity contribution in [2.75, 3.05) is 19.4 Å². The van der Waals surface area contributed by atoms with Crippen LogP contribution in [0.2, 0.25) is 0 Å². The summed E-state index contributed by atoms with van der Waals surface area (Å²) in [5, 5.41) is 23.7. The second kappa shape index (κ2) is 9.76. The fourth-order valence-corrected chi connectivity index (χ4v) is 2.72. The molecule has 10 heteroatoms. The van der Waals surface area contributed by atoms with Crippen molar-refractivity contribution >= 4 is 27.4 Å². The highest BCUT2D eigenvalue weighted by Crippen LogP contribution is 2.19. The van der Waals surface area contributed by atoms with Crippen LogP contribution in [-0.4, -0.2) is 61.7 Å². The molecule has 28 heavy (non-hydrogen) atoms. The Balaban J connectivity index is 2.43. The topological polar surface area (TPSA) is 150 Å². The summed E-state index contributed by atoms with van der Waals surface area (Å²) in [6.45, 7) is 2.54. The van der Waals surface area contributed by atoms with Crippen LogP contribution >= 0.6 is 0 Å². The van der Waals surface area contributed by atoms with Crippen LogP contribution in [0.25, 0.3) is 0 Å². The molecule has 0 aliphatic heterocycles. The molecule has 0 spiro atoms. The van der Waals surface area contributed by atoms with Gasteiger partial charge in [0, 0.05) is 31.2 Å². The Morgan fingerprint density at radius 3 is 2.18 bits per heavy atom. The van der Waals surface area contributed by atoms with Gasteiger partial charge in [-0.1, -0.05) is 26.0 Å². The van der Waals surface area contributed by atoms with Crippen molar-refractivity contribution in [3.05, 3.63) is 29.8 Å². The summed E-state index contributed by atoms with van der Waals surface area (Å²) in [6, 6.07) is 5.89. The molecular weight excluding hydrogens is 388 g/mol. The van der Waals surface area contributed by atoms with Crippen LogP contribution in [0, 0.1) is 5.41 Å². The molecule has 0 unspecified atom stereocenters. The van der Waals surface area contributed by atoms with Gasteiger partial charge >= 0.3 is 0 Å². The number of sulfone groups is 1. The molecule has 1 aromatic carbocycles. The summed E-state index contributed by atoms with van der Waals surface area (Å²) in [5.41, 5.74) is -0.408. The van der Waals surface area contributed by atoms with Gasteiger partial charge in [-0.3, -0.25) is 14.4 Å². The Kier molecular flexibility index (Phi) is 8.28. The number of aliphatic hydroxyl groups is 2. The molecule has 0 aliphatic carbocycles. The first-order valence-electron chi connectivity index (χ1n) is 8.55. The van der Waals surface area contributed by atoms with Crippen molar-refractivity contribution in [3.63, 3.8) is 0 Å². The molecule has 2 amide bonds. The van der Waals surface area contributed by atoms with Crippen molar-refractivity contribution in [1.82, 2.24) is 10.6 Å². The molecule has 1 rings (SSSR count). The second-order valence-electron chi connectivity index (χ2n) is 7.11. The monoisotopic (exact) mass is 414 g/mol. The Labute approximate surface area is 164 Å². The largest absolute Gasteiger partial charge is 0.396 e. The van der Waals surface area contributed by atoms with Crippen LogP contribution < -0.4 is 10.6 Å². The van der Waals surface area contributed by atoms with E-state index in [2.05, 4.69) is 10.6 Å². The summed E-state index contributed by atoms with van der Waals surface area (Å²) in [5.74, 6) is -2.32. The smallest absolute Gasteiger partial charge is 0.287 e. The molecule has 0 heterocycles. The van der Waals surface area contributed by atoms with E-state index in [0.29, 0.717) is 5.56 Å². The molecule has 4 N–H and O–H groups in total. The van der Waals surface area contributed by atoms with Crippen LogP contribution in [0.1, 0.15) is 25.8 Å². The lowest BCUT2D eigenvalue weighted by atomic mass is 9.87. The van der Waals surface area contributed by atoms with E-state index in [1.807, 2.05) is 0 Å². The fourth-order valence-electron chi connectivity index (χ4n) is 2.09. The zero-order valence-corrected chi connectivity index (χ0v) is 16.9. The van der Waals surface area contributed by atoms with E-state index in [4.69, 9.17) is 5.11 Å². The minimum atomic E-state index is -3.31. The Morgan fingerprint density at radius 2 is 1.68 bits per heavy atom. The van der Waals surface area contributed by atoms with E-state index in [-0.39, 0.29) is 24.4 Å². The van der Waals surface area contributed by atoms with Gasteiger partial charge in [0.15, 0.2) is 9.84 Å². The third kappa shape index (κ3) is 7.02. The Hall–Kier alpha value is -2.30. The number of benzene rings is 1. The zero-order valence-electron chi connectivity index (χ0n) is 16.1. The van der Waals surface area contributed by atoms with Gasteiger partial charge in [-0.2, -0.15) is 0 Å². The SMILES string of the molecule is CC(C)(CO)[C@@H](O)C(=O)NCCC(=O)C(=O)NCc1ccc(S(C)(=O)=O)cc1. The maximum atomic E-state index is 11.8. The lowest BCUT2D eigenvalue weighted by molar-refractivity contribution is -0.139.